The zero-order valence-electron chi connectivity index (χ0n) is 13.5. The van der Waals surface area contributed by atoms with Gasteiger partial charge >= 0.3 is 0 Å². The van der Waals surface area contributed by atoms with Crippen LogP contribution in [0.25, 0.3) is 0 Å². The number of thiophene rings is 2. The van der Waals surface area contributed by atoms with Gasteiger partial charge in [-0.15, -0.1) is 22.7 Å². The van der Waals surface area contributed by atoms with Crippen molar-refractivity contribution in [2.75, 3.05) is 18.4 Å². The summed E-state index contributed by atoms with van der Waals surface area (Å²) in [7, 11) is 0. The first-order valence-corrected chi connectivity index (χ1v) is 10.3. The molecule has 0 bridgehead atoms. The van der Waals surface area contributed by atoms with Crippen molar-refractivity contribution in [1.29, 1.82) is 0 Å². The van der Waals surface area contributed by atoms with Crippen LogP contribution in [0, 0.1) is 0 Å². The molecular formula is C19H18ClN2OS2+. The molecule has 1 unspecified atom stereocenters. The molecule has 0 saturated heterocycles. The van der Waals surface area contributed by atoms with Crippen LogP contribution in [0.3, 0.4) is 0 Å². The normalized spacial score (nSPS) is 19.4. The van der Waals surface area contributed by atoms with E-state index in [0.717, 1.165) is 18.7 Å². The van der Waals surface area contributed by atoms with Gasteiger partial charge in [0.25, 0.3) is 5.91 Å². The van der Waals surface area contributed by atoms with Gasteiger partial charge in [0.15, 0.2) is 6.54 Å². The highest BCUT2D eigenvalue weighted by Gasteiger charge is 2.35. The SMILES string of the molecule is O=C(C[NH+]1CCc2sccc2[C@H]1c1cccs1)Nc1ccc(Cl)cc1. The quantitative estimate of drug-likeness (QED) is 0.701. The van der Waals surface area contributed by atoms with E-state index in [4.69, 9.17) is 11.6 Å². The van der Waals surface area contributed by atoms with E-state index in [1.54, 1.807) is 23.5 Å². The van der Waals surface area contributed by atoms with Crippen molar-refractivity contribution < 1.29 is 9.69 Å². The fourth-order valence-electron chi connectivity index (χ4n) is 3.39. The molecule has 3 heterocycles. The smallest absolute Gasteiger partial charge is 0.279 e. The van der Waals surface area contributed by atoms with Crippen LogP contribution in [-0.2, 0) is 11.2 Å². The molecule has 1 aromatic carbocycles. The van der Waals surface area contributed by atoms with Gasteiger partial charge in [0.1, 0.15) is 6.04 Å². The number of benzene rings is 1. The highest BCUT2D eigenvalue weighted by atomic mass is 35.5. The van der Waals surface area contributed by atoms with Crippen molar-refractivity contribution in [1.82, 2.24) is 0 Å². The van der Waals surface area contributed by atoms with Crippen LogP contribution in [-0.4, -0.2) is 19.0 Å². The minimum absolute atomic E-state index is 0.0394. The average molecular weight is 390 g/mol. The number of anilines is 1. The van der Waals surface area contributed by atoms with E-state index in [2.05, 4.69) is 34.3 Å². The van der Waals surface area contributed by atoms with Gasteiger partial charge < -0.3 is 10.2 Å². The Morgan fingerprint density at radius 2 is 2.00 bits per heavy atom. The van der Waals surface area contributed by atoms with Crippen LogP contribution in [0.4, 0.5) is 5.69 Å². The van der Waals surface area contributed by atoms with Gasteiger partial charge in [-0.05, 0) is 47.2 Å². The number of carbonyl (C=O) groups is 1. The molecule has 3 nitrogen and oxygen atoms in total. The highest BCUT2D eigenvalue weighted by Crippen LogP contribution is 2.31. The zero-order valence-corrected chi connectivity index (χ0v) is 15.9. The molecule has 2 N–H and O–H groups in total. The van der Waals surface area contributed by atoms with Gasteiger partial charge in [-0.3, -0.25) is 4.79 Å². The number of rotatable bonds is 4. The molecule has 0 fully saturated rings. The van der Waals surface area contributed by atoms with Crippen molar-refractivity contribution in [2.45, 2.75) is 12.5 Å². The van der Waals surface area contributed by atoms with Crippen LogP contribution in [0.1, 0.15) is 21.4 Å². The Labute approximate surface area is 159 Å². The number of carbonyl (C=O) groups excluding carboxylic acids is 1. The average Bonchev–Trinajstić information content (AvgIpc) is 3.28. The fourth-order valence-corrected chi connectivity index (χ4v) is 5.34. The molecule has 4 rings (SSSR count). The van der Waals surface area contributed by atoms with Gasteiger partial charge in [-0.2, -0.15) is 0 Å². The molecule has 0 aliphatic carbocycles. The summed E-state index contributed by atoms with van der Waals surface area (Å²) in [4.78, 5) is 16.7. The van der Waals surface area contributed by atoms with E-state index >= 15 is 0 Å². The maximum Gasteiger partial charge on any atom is 0.279 e. The second kappa shape index (κ2) is 7.30. The summed E-state index contributed by atoms with van der Waals surface area (Å²) in [6.07, 6.45) is 1.04. The summed E-state index contributed by atoms with van der Waals surface area (Å²) in [5.74, 6) is 0.0394. The summed E-state index contributed by atoms with van der Waals surface area (Å²) in [5.41, 5.74) is 2.17. The number of hydrogen-bond acceptors (Lipinski definition) is 3. The standard InChI is InChI=1S/C19H17ClN2OS2/c20-13-3-5-14(6-4-13)21-18(23)12-22-9-7-16-15(8-11-25-16)19(22)17-2-1-10-24-17/h1-6,8,10-11,19H,7,9,12H2,(H,21,23)/p+1/t19-/m0/s1. The lowest BCUT2D eigenvalue weighted by molar-refractivity contribution is -0.919. The Morgan fingerprint density at radius 3 is 2.76 bits per heavy atom. The fraction of sp³-hybridized carbons (Fsp3) is 0.211. The van der Waals surface area contributed by atoms with E-state index in [1.165, 1.54) is 20.2 Å². The predicted molar refractivity (Wildman–Crippen MR) is 105 cm³/mol. The lowest BCUT2D eigenvalue weighted by atomic mass is 9.98. The summed E-state index contributed by atoms with van der Waals surface area (Å²) in [5, 5.41) is 7.94. The molecule has 2 atom stereocenters. The molecule has 25 heavy (non-hydrogen) atoms. The molecule has 3 aromatic rings. The second-order valence-electron chi connectivity index (χ2n) is 6.14. The van der Waals surface area contributed by atoms with Crippen molar-refractivity contribution in [2.24, 2.45) is 0 Å². The maximum atomic E-state index is 12.6. The van der Waals surface area contributed by atoms with E-state index < -0.39 is 0 Å². The third-order valence-corrected chi connectivity index (χ3v) is 6.70. The van der Waals surface area contributed by atoms with E-state index in [0.29, 0.717) is 11.6 Å². The largest absolute Gasteiger partial charge is 0.321 e. The van der Waals surface area contributed by atoms with E-state index in [1.807, 2.05) is 23.5 Å². The minimum Gasteiger partial charge on any atom is -0.321 e. The maximum absolute atomic E-state index is 12.6. The first kappa shape index (κ1) is 16.8. The topological polar surface area (TPSA) is 33.5 Å². The van der Waals surface area contributed by atoms with Crippen molar-refractivity contribution in [3.05, 3.63) is 73.6 Å². The van der Waals surface area contributed by atoms with Crippen LogP contribution in [0.5, 0.6) is 0 Å². The molecule has 128 valence electrons. The summed E-state index contributed by atoms with van der Waals surface area (Å²) in [6, 6.07) is 14.0. The molecule has 0 saturated carbocycles. The first-order valence-electron chi connectivity index (χ1n) is 8.20. The van der Waals surface area contributed by atoms with Gasteiger partial charge in [0.2, 0.25) is 0 Å². The molecule has 0 spiro atoms. The molecule has 1 aliphatic heterocycles. The third kappa shape index (κ3) is 3.65. The first-order chi connectivity index (χ1) is 12.2. The molecule has 0 radical (unpaired) electrons. The van der Waals surface area contributed by atoms with Gasteiger partial charge in [-0.25, -0.2) is 0 Å². The lowest BCUT2D eigenvalue weighted by Crippen LogP contribution is -3.14. The highest BCUT2D eigenvalue weighted by molar-refractivity contribution is 7.10. The van der Waals surface area contributed by atoms with Crippen LogP contribution in [0.2, 0.25) is 5.02 Å². The number of quaternary nitrogens is 1. The number of hydrogen-bond donors (Lipinski definition) is 2. The summed E-state index contributed by atoms with van der Waals surface area (Å²) >= 11 is 9.50. The Hall–Kier alpha value is -1.66. The minimum atomic E-state index is 0.0394. The van der Waals surface area contributed by atoms with Crippen LogP contribution in [0.15, 0.2) is 53.2 Å². The molecule has 2 aromatic heterocycles. The second-order valence-corrected chi connectivity index (χ2v) is 8.55. The molecular weight excluding hydrogens is 372 g/mol. The van der Waals surface area contributed by atoms with Gasteiger partial charge in [0, 0.05) is 27.6 Å². The number of fused-ring (bicyclic) bond motifs is 1. The van der Waals surface area contributed by atoms with Gasteiger partial charge in [-0.1, -0.05) is 17.7 Å². The number of halogens is 1. The zero-order chi connectivity index (χ0) is 17.2. The van der Waals surface area contributed by atoms with Crippen LogP contribution < -0.4 is 10.2 Å². The lowest BCUT2D eigenvalue weighted by Gasteiger charge is -2.31. The van der Waals surface area contributed by atoms with Gasteiger partial charge in [0.05, 0.1) is 11.4 Å². The Bertz CT molecular complexity index is 858. The summed E-state index contributed by atoms with van der Waals surface area (Å²) in [6.45, 7) is 1.44. The van der Waals surface area contributed by atoms with E-state index in [9.17, 15) is 4.79 Å². The monoisotopic (exact) mass is 389 g/mol. The molecule has 6 heteroatoms. The predicted octanol–water partition coefficient (Wildman–Crippen LogP) is 3.63. The third-order valence-electron chi connectivity index (χ3n) is 4.52. The molecule has 1 aliphatic rings. The van der Waals surface area contributed by atoms with Crippen molar-refractivity contribution >= 4 is 45.9 Å². The van der Waals surface area contributed by atoms with E-state index in [-0.39, 0.29) is 11.9 Å². The molecule has 1 amide bonds. The van der Waals surface area contributed by atoms with Crippen molar-refractivity contribution in [3.8, 4) is 0 Å². The Kier molecular flexibility index (Phi) is 4.90. The van der Waals surface area contributed by atoms with Crippen LogP contribution >= 0.6 is 34.3 Å². The summed E-state index contributed by atoms with van der Waals surface area (Å²) < 4.78 is 0. The Morgan fingerprint density at radius 1 is 1.16 bits per heavy atom. The van der Waals surface area contributed by atoms with Crippen molar-refractivity contribution in [3.63, 3.8) is 0 Å². The number of amides is 1. The Balaban J connectivity index is 1.52. The number of nitrogens with one attached hydrogen (secondary N) is 2.